The lowest BCUT2D eigenvalue weighted by Crippen LogP contribution is -2.38. The minimum atomic E-state index is -0.228. The second-order valence-electron chi connectivity index (χ2n) is 8.03. The molecule has 2 aromatic heterocycles. The molecule has 0 bridgehead atoms. The van der Waals surface area contributed by atoms with Crippen LogP contribution in [0.3, 0.4) is 0 Å². The van der Waals surface area contributed by atoms with Crippen LogP contribution < -0.4 is 10.9 Å². The molecule has 0 aliphatic heterocycles. The molecular formula is C25H28N4O2. The number of para-hydroxylation sites is 1. The van der Waals surface area contributed by atoms with Crippen molar-refractivity contribution in [1.29, 1.82) is 0 Å². The summed E-state index contributed by atoms with van der Waals surface area (Å²) in [5.74, 6) is -0.201. The molecule has 0 unspecified atom stereocenters. The maximum absolute atomic E-state index is 13.2. The fourth-order valence-electron chi connectivity index (χ4n) is 4.12. The molecule has 0 saturated carbocycles. The van der Waals surface area contributed by atoms with E-state index in [4.69, 9.17) is 0 Å². The van der Waals surface area contributed by atoms with Gasteiger partial charge < -0.3 is 9.88 Å². The molecule has 160 valence electrons. The van der Waals surface area contributed by atoms with Gasteiger partial charge in [0.2, 0.25) is 5.91 Å². The summed E-state index contributed by atoms with van der Waals surface area (Å²) >= 11 is 0. The van der Waals surface area contributed by atoms with Crippen molar-refractivity contribution in [1.82, 2.24) is 19.7 Å². The van der Waals surface area contributed by atoms with Gasteiger partial charge in [-0.2, -0.15) is 5.10 Å². The number of carbonyl (C=O) groups is 1. The first-order valence-electron chi connectivity index (χ1n) is 10.9. The molecule has 6 nitrogen and oxygen atoms in total. The first kappa shape index (κ1) is 20.8. The number of amides is 1. The summed E-state index contributed by atoms with van der Waals surface area (Å²) < 4.78 is 3.32. The van der Waals surface area contributed by atoms with Crippen LogP contribution in [0.5, 0.6) is 0 Å². The molecule has 0 aliphatic carbocycles. The van der Waals surface area contributed by atoms with E-state index >= 15 is 0 Å². The van der Waals surface area contributed by atoms with Gasteiger partial charge in [0, 0.05) is 28.9 Å². The molecule has 1 atom stereocenters. The smallest absolute Gasteiger partial charge is 0.291 e. The fraction of sp³-hybridized carbons (Fsp3) is 0.320. The van der Waals surface area contributed by atoms with Gasteiger partial charge in [0.1, 0.15) is 12.1 Å². The van der Waals surface area contributed by atoms with E-state index in [0.717, 1.165) is 42.1 Å². The highest BCUT2D eigenvalue weighted by molar-refractivity contribution is 6.07. The van der Waals surface area contributed by atoms with E-state index < -0.39 is 0 Å². The highest BCUT2D eigenvalue weighted by Crippen LogP contribution is 2.26. The number of aromatic nitrogens is 3. The van der Waals surface area contributed by atoms with Crippen molar-refractivity contribution in [3.05, 3.63) is 76.7 Å². The number of aryl methyl sites for hydroxylation is 2. The van der Waals surface area contributed by atoms with Crippen molar-refractivity contribution in [2.45, 2.75) is 52.2 Å². The summed E-state index contributed by atoms with van der Waals surface area (Å²) in [6.45, 7) is 4.73. The molecule has 2 heterocycles. The Kier molecular flexibility index (Phi) is 6.16. The maximum atomic E-state index is 13.2. The van der Waals surface area contributed by atoms with E-state index in [9.17, 15) is 9.59 Å². The zero-order valence-corrected chi connectivity index (χ0v) is 18.0. The van der Waals surface area contributed by atoms with Crippen molar-refractivity contribution in [3.63, 3.8) is 0 Å². The molecule has 31 heavy (non-hydrogen) atoms. The van der Waals surface area contributed by atoms with Crippen LogP contribution in [0.1, 0.15) is 32.3 Å². The molecular weight excluding hydrogens is 388 g/mol. The van der Waals surface area contributed by atoms with Gasteiger partial charge in [-0.15, -0.1) is 0 Å². The van der Waals surface area contributed by atoms with Crippen LogP contribution in [-0.4, -0.2) is 26.3 Å². The fourth-order valence-corrected chi connectivity index (χ4v) is 4.12. The second kappa shape index (κ2) is 9.16. The quantitative estimate of drug-likeness (QED) is 0.474. The van der Waals surface area contributed by atoms with Crippen molar-refractivity contribution in [3.8, 4) is 0 Å². The molecule has 2 aromatic carbocycles. The number of fused-ring (bicyclic) bond motifs is 3. The van der Waals surface area contributed by atoms with Crippen LogP contribution in [0.2, 0.25) is 0 Å². The molecule has 0 radical (unpaired) electrons. The molecule has 1 N–H and O–H groups in total. The predicted octanol–water partition coefficient (Wildman–Crippen LogP) is 3.90. The van der Waals surface area contributed by atoms with Gasteiger partial charge in [0.15, 0.2) is 0 Å². The average molecular weight is 417 g/mol. The maximum Gasteiger partial charge on any atom is 0.291 e. The van der Waals surface area contributed by atoms with Crippen molar-refractivity contribution >= 4 is 27.7 Å². The molecule has 1 amide bonds. The number of nitrogens with one attached hydrogen (secondary N) is 1. The van der Waals surface area contributed by atoms with Crippen LogP contribution in [0.4, 0.5) is 0 Å². The lowest BCUT2D eigenvalue weighted by Gasteiger charge is -2.14. The van der Waals surface area contributed by atoms with Crippen LogP contribution in [0, 0.1) is 0 Å². The minimum absolute atomic E-state index is 0.0127. The Balaban J connectivity index is 1.52. The Hall–Kier alpha value is -3.41. The van der Waals surface area contributed by atoms with Gasteiger partial charge in [0.25, 0.3) is 5.56 Å². The van der Waals surface area contributed by atoms with Crippen molar-refractivity contribution in [2.75, 3.05) is 0 Å². The van der Waals surface area contributed by atoms with Crippen LogP contribution in [0.15, 0.2) is 65.6 Å². The van der Waals surface area contributed by atoms with Crippen molar-refractivity contribution in [2.24, 2.45) is 0 Å². The third kappa shape index (κ3) is 4.38. The van der Waals surface area contributed by atoms with E-state index in [-0.39, 0.29) is 24.1 Å². The van der Waals surface area contributed by atoms with Gasteiger partial charge in [-0.25, -0.2) is 4.68 Å². The van der Waals surface area contributed by atoms with Crippen LogP contribution in [-0.2, 0) is 24.3 Å². The number of rotatable bonds is 8. The van der Waals surface area contributed by atoms with Gasteiger partial charge in [-0.05, 0) is 37.8 Å². The second-order valence-corrected chi connectivity index (χ2v) is 8.03. The Bertz CT molecular complexity index is 1260. The van der Waals surface area contributed by atoms with E-state index in [1.807, 2.05) is 54.0 Å². The summed E-state index contributed by atoms with van der Waals surface area (Å²) in [4.78, 5) is 25.8. The lowest BCUT2D eigenvalue weighted by atomic mass is 10.1. The summed E-state index contributed by atoms with van der Waals surface area (Å²) in [6, 6.07) is 18.2. The summed E-state index contributed by atoms with van der Waals surface area (Å²) in [5.41, 5.74) is 2.66. The number of hydrogen-bond donors (Lipinski definition) is 1. The molecule has 4 rings (SSSR count). The number of benzene rings is 2. The Morgan fingerprint density at radius 1 is 1.06 bits per heavy atom. The Labute approximate surface area is 181 Å². The third-order valence-corrected chi connectivity index (χ3v) is 5.63. The molecule has 6 heteroatoms. The standard InChI is InChI=1S/C25H28N4O2/c1-3-15-28-22-12-8-7-11-20(22)21-16-26-29(25(31)24(21)28)17-23(30)27-18(2)13-14-19-9-5-4-6-10-19/h4-12,16,18H,3,13-15,17H2,1-2H3,(H,27,30)/t18-/m1/s1. The van der Waals surface area contributed by atoms with E-state index in [2.05, 4.69) is 29.5 Å². The van der Waals surface area contributed by atoms with Gasteiger partial charge >= 0.3 is 0 Å². The first-order valence-corrected chi connectivity index (χ1v) is 10.9. The normalized spacial score (nSPS) is 12.3. The molecule has 0 saturated heterocycles. The van der Waals surface area contributed by atoms with Crippen LogP contribution in [0.25, 0.3) is 21.8 Å². The minimum Gasteiger partial charge on any atom is -0.352 e. The monoisotopic (exact) mass is 416 g/mol. The summed E-state index contributed by atoms with van der Waals surface area (Å²) in [6.07, 6.45) is 4.34. The topological polar surface area (TPSA) is 68.9 Å². The predicted molar refractivity (Wildman–Crippen MR) is 124 cm³/mol. The zero-order valence-electron chi connectivity index (χ0n) is 18.0. The average Bonchev–Trinajstić information content (AvgIpc) is 3.10. The lowest BCUT2D eigenvalue weighted by molar-refractivity contribution is -0.122. The van der Waals surface area contributed by atoms with Crippen molar-refractivity contribution < 1.29 is 4.79 Å². The molecule has 0 aliphatic rings. The van der Waals surface area contributed by atoms with E-state index in [0.29, 0.717) is 5.52 Å². The SMILES string of the molecule is CCCn1c2ccccc2c2cnn(CC(=O)N[C@H](C)CCc3ccccc3)c(=O)c21. The van der Waals surface area contributed by atoms with Gasteiger partial charge in [-0.3, -0.25) is 9.59 Å². The third-order valence-electron chi connectivity index (χ3n) is 5.63. The highest BCUT2D eigenvalue weighted by Gasteiger charge is 2.17. The molecule has 4 aromatic rings. The van der Waals surface area contributed by atoms with E-state index in [1.54, 1.807) is 6.20 Å². The van der Waals surface area contributed by atoms with Gasteiger partial charge in [0.05, 0.1) is 6.20 Å². The number of carbonyl (C=O) groups excluding carboxylic acids is 1. The first-order chi connectivity index (χ1) is 15.1. The highest BCUT2D eigenvalue weighted by atomic mass is 16.2. The molecule has 0 fully saturated rings. The summed E-state index contributed by atoms with van der Waals surface area (Å²) in [7, 11) is 0. The number of nitrogens with zero attached hydrogens (tertiary/aromatic N) is 3. The number of hydrogen-bond acceptors (Lipinski definition) is 3. The summed E-state index contributed by atoms with van der Waals surface area (Å²) in [5, 5.41) is 9.15. The molecule has 0 spiro atoms. The van der Waals surface area contributed by atoms with E-state index in [1.165, 1.54) is 10.2 Å². The Morgan fingerprint density at radius 2 is 1.81 bits per heavy atom. The van der Waals surface area contributed by atoms with Crippen LogP contribution >= 0.6 is 0 Å². The van der Waals surface area contributed by atoms with Gasteiger partial charge in [-0.1, -0.05) is 55.5 Å². The Morgan fingerprint density at radius 3 is 2.58 bits per heavy atom. The largest absolute Gasteiger partial charge is 0.352 e. The zero-order chi connectivity index (χ0) is 21.8.